The standard InChI is InChI=1S/C14H21FNO4P/c1-11(2)9-20-21(3,19)10-13(8-16(17)18)12-4-6-14(15)7-5-12/h4-7,11,13H,8-10H2,1-3H3. The van der Waals surface area contributed by atoms with E-state index in [9.17, 15) is 19.1 Å². The number of halogens is 1. The van der Waals surface area contributed by atoms with Gasteiger partial charge >= 0.3 is 0 Å². The molecule has 0 heterocycles. The monoisotopic (exact) mass is 317 g/mol. The summed E-state index contributed by atoms with van der Waals surface area (Å²) in [7, 11) is -2.93. The topological polar surface area (TPSA) is 69.4 Å². The molecule has 2 unspecified atom stereocenters. The van der Waals surface area contributed by atoms with E-state index in [1.54, 1.807) is 0 Å². The van der Waals surface area contributed by atoms with Gasteiger partial charge in [0, 0.05) is 17.8 Å². The normalized spacial score (nSPS) is 15.7. The van der Waals surface area contributed by atoms with Gasteiger partial charge in [0.2, 0.25) is 13.9 Å². The van der Waals surface area contributed by atoms with Gasteiger partial charge in [0.1, 0.15) is 5.82 Å². The molecule has 0 amide bonds. The fourth-order valence-electron chi connectivity index (χ4n) is 1.94. The van der Waals surface area contributed by atoms with E-state index in [2.05, 4.69) is 0 Å². The third-order valence-electron chi connectivity index (χ3n) is 2.94. The predicted molar refractivity (Wildman–Crippen MR) is 80.2 cm³/mol. The smallest absolute Gasteiger partial charge is 0.211 e. The first-order valence-electron chi connectivity index (χ1n) is 6.78. The van der Waals surface area contributed by atoms with Crippen molar-refractivity contribution < 1.29 is 18.4 Å². The van der Waals surface area contributed by atoms with Crippen LogP contribution in [0.15, 0.2) is 24.3 Å². The van der Waals surface area contributed by atoms with Gasteiger partial charge in [-0.3, -0.25) is 14.7 Å². The Kier molecular flexibility index (Phi) is 6.49. The Morgan fingerprint density at radius 2 is 1.90 bits per heavy atom. The molecule has 0 aliphatic heterocycles. The first-order valence-corrected chi connectivity index (χ1v) is 9.03. The van der Waals surface area contributed by atoms with E-state index in [0.29, 0.717) is 12.2 Å². The maximum Gasteiger partial charge on any atom is 0.211 e. The molecule has 118 valence electrons. The van der Waals surface area contributed by atoms with Crippen molar-refractivity contribution in [2.45, 2.75) is 19.8 Å². The highest BCUT2D eigenvalue weighted by molar-refractivity contribution is 7.58. The van der Waals surface area contributed by atoms with E-state index in [-0.39, 0.29) is 18.6 Å². The molecule has 0 aliphatic rings. The van der Waals surface area contributed by atoms with Crippen LogP contribution >= 0.6 is 7.37 Å². The molecule has 1 aromatic rings. The molecule has 21 heavy (non-hydrogen) atoms. The molecule has 0 spiro atoms. The summed E-state index contributed by atoms with van der Waals surface area (Å²) in [5.74, 6) is -0.726. The van der Waals surface area contributed by atoms with Crippen molar-refractivity contribution in [3.8, 4) is 0 Å². The Labute approximate surface area is 124 Å². The van der Waals surface area contributed by atoms with Gasteiger partial charge in [-0.25, -0.2) is 4.39 Å². The minimum absolute atomic E-state index is 0.0757. The van der Waals surface area contributed by atoms with Crippen molar-refractivity contribution in [1.82, 2.24) is 0 Å². The molecule has 7 heteroatoms. The van der Waals surface area contributed by atoms with Gasteiger partial charge in [-0.1, -0.05) is 26.0 Å². The third-order valence-corrected chi connectivity index (χ3v) is 4.74. The minimum Gasteiger partial charge on any atom is -0.328 e. The molecule has 0 saturated heterocycles. The Balaban J connectivity index is 2.85. The zero-order chi connectivity index (χ0) is 16.0. The summed E-state index contributed by atoms with van der Waals surface area (Å²) in [6, 6.07) is 5.48. The van der Waals surface area contributed by atoms with Gasteiger partial charge in [-0.05, 0) is 23.6 Å². The lowest BCUT2D eigenvalue weighted by molar-refractivity contribution is -0.482. The average molecular weight is 317 g/mol. The fraction of sp³-hybridized carbons (Fsp3) is 0.571. The van der Waals surface area contributed by atoms with E-state index >= 15 is 0 Å². The fourth-order valence-corrected chi connectivity index (χ4v) is 3.79. The first-order chi connectivity index (χ1) is 9.69. The quantitative estimate of drug-likeness (QED) is 0.416. The molecule has 0 aromatic heterocycles. The summed E-state index contributed by atoms with van der Waals surface area (Å²) < 4.78 is 30.8. The van der Waals surface area contributed by atoms with Gasteiger partial charge in [-0.15, -0.1) is 0 Å². The second-order valence-electron chi connectivity index (χ2n) is 5.65. The van der Waals surface area contributed by atoms with Crippen molar-refractivity contribution in [2.75, 3.05) is 26.0 Å². The molecule has 0 saturated carbocycles. The summed E-state index contributed by atoms with van der Waals surface area (Å²) in [5.41, 5.74) is 0.600. The zero-order valence-electron chi connectivity index (χ0n) is 12.5. The number of rotatable bonds is 8. The lowest BCUT2D eigenvalue weighted by Crippen LogP contribution is -2.17. The van der Waals surface area contributed by atoms with Crippen LogP contribution < -0.4 is 0 Å². The van der Waals surface area contributed by atoms with Crippen LogP contribution in [0.5, 0.6) is 0 Å². The highest BCUT2D eigenvalue weighted by Gasteiger charge is 2.27. The third kappa shape index (κ3) is 6.82. The summed E-state index contributed by atoms with van der Waals surface area (Å²) in [4.78, 5) is 10.4. The van der Waals surface area contributed by atoms with Crippen LogP contribution in [-0.4, -0.2) is 30.9 Å². The number of benzene rings is 1. The van der Waals surface area contributed by atoms with Crippen molar-refractivity contribution in [3.05, 3.63) is 45.8 Å². The van der Waals surface area contributed by atoms with Crippen LogP contribution in [0.2, 0.25) is 0 Å². The molecule has 1 rings (SSSR count). The zero-order valence-corrected chi connectivity index (χ0v) is 13.4. The van der Waals surface area contributed by atoms with Crippen LogP contribution in [0.25, 0.3) is 0 Å². The van der Waals surface area contributed by atoms with E-state index in [1.165, 1.54) is 30.9 Å². The van der Waals surface area contributed by atoms with E-state index in [4.69, 9.17) is 4.52 Å². The molecule has 0 aliphatic carbocycles. The summed E-state index contributed by atoms with van der Waals surface area (Å²) in [6.45, 7) is 5.37. The maximum absolute atomic E-state index is 12.9. The second-order valence-corrected chi connectivity index (χ2v) is 8.30. The van der Waals surface area contributed by atoms with Gasteiger partial charge in [0.05, 0.1) is 12.5 Å². The molecule has 0 radical (unpaired) electrons. The van der Waals surface area contributed by atoms with Crippen LogP contribution in [-0.2, 0) is 9.09 Å². The SMILES string of the molecule is CC(C)COP(C)(=O)CC(C[N+](=O)[O-])c1ccc(F)cc1. The van der Waals surface area contributed by atoms with Gasteiger partial charge in [0.15, 0.2) is 0 Å². The Morgan fingerprint density at radius 3 is 2.38 bits per heavy atom. The highest BCUT2D eigenvalue weighted by atomic mass is 31.2. The first kappa shape index (κ1) is 17.8. The van der Waals surface area contributed by atoms with Crippen LogP contribution in [0.1, 0.15) is 25.3 Å². The van der Waals surface area contributed by atoms with Crippen molar-refractivity contribution in [1.29, 1.82) is 0 Å². The lowest BCUT2D eigenvalue weighted by atomic mass is 10.0. The number of hydrogen-bond acceptors (Lipinski definition) is 4. The summed E-state index contributed by atoms with van der Waals surface area (Å²) in [5, 5.41) is 10.8. The van der Waals surface area contributed by atoms with Gasteiger partial charge in [0.25, 0.3) is 0 Å². The molecule has 1 aromatic carbocycles. The summed E-state index contributed by atoms with van der Waals surface area (Å²) in [6.07, 6.45) is 0.0757. The van der Waals surface area contributed by atoms with Crippen molar-refractivity contribution in [2.24, 2.45) is 5.92 Å². The molecule has 5 nitrogen and oxygen atoms in total. The van der Waals surface area contributed by atoms with Gasteiger partial charge in [-0.2, -0.15) is 0 Å². The highest BCUT2D eigenvalue weighted by Crippen LogP contribution is 2.46. The number of nitro groups is 1. The molecule has 0 bridgehead atoms. The average Bonchev–Trinajstić information content (AvgIpc) is 2.36. The maximum atomic E-state index is 12.9. The Bertz CT molecular complexity index is 518. The Morgan fingerprint density at radius 1 is 1.33 bits per heavy atom. The van der Waals surface area contributed by atoms with E-state index in [0.717, 1.165) is 0 Å². The lowest BCUT2D eigenvalue weighted by Gasteiger charge is -2.20. The molecular formula is C14H21FNO4P. The molecule has 0 N–H and O–H groups in total. The molecule has 2 atom stereocenters. The van der Waals surface area contributed by atoms with E-state index < -0.39 is 24.0 Å². The largest absolute Gasteiger partial charge is 0.328 e. The summed E-state index contributed by atoms with van der Waals surface area (Å²) >= 11 is 0. The second kappa shape index (κ2) is 7.66. The van der Waals surface area contributed by atoms with E-state index in [1.807, 2.05) is 13.8 Å². The van der Waals surface area contributed by atoms with Crippen LogP contribution in [0.4, 0.5) is 4.39 Å². The van der Waals surface area contributed by atoms with Crippen molar-refractivity contribution >= 4 is 7.37 Å². The van der Waals surface area contributed by atoms with Crippen LogP contribution in [0.3, 0.4) is 0 Å². The number of nitrogens with zero attached hydrogens (tertiary/aromatic N) is 1. The Hall–Kier alpha value is -1.26. The van der Waals surface area contributed by atoms with Crippen LogP contribution in [0, 0.1) is 21.8 Å². The minimum atomic E-state index is -2.93. The van der Waals surface area contributed by atoms with Crippen molar-refractivity contribution in [3.63, 3.8) is 0 Å². The van der Waals surface area contributed by atoms with Gasteiger partial charge < -0.3 is 4.52 Å². The molecular weight excluding hydrogens is 296 g/mol. The molecule has 0 fully saturated rings. The predicted octanol–water partition coefficient (Wildman–Crippen LogP) is 3.77. The number of hydrogen-bond donors (Lipinski definition) is 0.